The van der Waals surface area contributed by atoms with Crippen LogP contribution in [0.1, 0.15) is 0 Å². The van der Waals surface area contributed by atoms with Crippen LogP contribution in [-0.4, -0.2) is 172 Å². The Morgan fingerprint density at radius 2 is 1.04 bits per heavy atom. The average molecular weight is 671 g/mol. The normalized spacial score (nSPS) is 38.1. The lowest BCUT2D eigenvalue weighted by Gasteiger charge is -2.48. The molecule has 0 unspecified atom stereocenters. The van der Waals surface area contributed by atoms with Gasteiger partial charge in [-0.3, -0.25) is 0 Å². The highest BCUT2D eigenvalue weighted by Crippen LogP contribution is 2.36. The highest BCUT2D eigenvalue weighted by molar-refractivity contribution is 5.87. The summed E-state index contributed by atoms with van der Waals surface area (Å²) in [5.74, 6) is -4.14. The van der Waals surface area contributed by atoms with E-state index in [0.29, 0.717) is 0 Å². The summed E-state index contributed by atoms with van der Waals surface area (Å²) in [6.07, 6.45) is -17.6. The first kappa shape index (κ1) is 37.8. The number of carbonyl (C=O) groups is 3. The average Bonchev–Trinajstić information content (AvgIpc) is 3.07. The molecule has 0 aliphatic carbocycles. The Morgan fingerprint density at radius 1 is 0.565 bits per heavy atom. The quantitative estimate of drug-likeness (QED) is 0.159. The SMILES string of the molecule is COC(=O)C1=C(O)[C@H](OC)[C@@H](OC)[C@@H](O[C@@H]2[C@H](OC)[C@@H](OC)[C@@H](O[C@@H]3[C@H](OC)[C@@H](OC)[C@@H](O)O[C@H]3C(=O)OC)O[C@@H]2C(=O)OC)O1. The van der Waals surface area contributed by atoms with Gasteiger partial charge in [-0.25, -0.2) is 14.4 Å². The van der Waals surface area contributed by atoms with E-state index in [2.05, 4.69) is 0 Å². The van der Waals surface area contributed by atoms with Gasteiger partial charge in [-0.1, -0.05) is 0 Å². The van der Waals surface area contributed by atoms with Crippen molar-refractivity contribution in [2.24, 2.45) is 0 Å². The summed E-state index contributed by atoms with van der Waals surface area (Å²) in [5.41, 5.74) is 0. The van der Waals surface area contributed by atoms with Crippen molar-refractivity contribution in [3.63, 3.8) is 0 Å². The Hall–Kier alpha value is -2.69. The van der Waals surface area contributed by atoms with Crippen LogP contribution in [0.2, 0.25) is 0 Å². The number of hydrogen-bond acceptors (Lipinski definition) is 19. The first-order chi connectivity index (χ1) is 22.0. The lowest BCUT2D eigenvalue weighted by atomic mass is 9.95. The van der Waals surface area contributed by atoms with Gasteiger partial charge in [-0.05, 0) is 0 Å². The van der Waals surface area contributed by atoms with Crippen LogP contribution >= 0.6 is 0 Å². The van der Waals surface area contributed by atoms with Crippen LogP contribution in [0.3, 0.4) is 0 Å². The Morgan fingerprint density at radius 3 is 1.50 bits per heavy atom. The molecule has 264 valence electrons. The molecule has 0 aromatic heterocycles. The molecule has 2 fully saturated rings. The molecule has 3 aliphatic heterocycles. The van der Waals surface area contributed by atoms with E-state index in [-0.39, 0.29) is 0 Å². The molecule has 19 heteroatoms. The van der Waals surface area contributed by atoms with Crippen molar-refractivity contribution in [1.29, 1.82) is 0 Å². The van der Waals surface area contributed by atoms with Crippen LogP contribution in [0.15, 0.2) is 11.5 Å². The van der Waals surface area contributed by atoms with Crippen molar-refractivity contribution in [2.75, 3.05) is 64.0 Å². The summed E-state index contributed by atoms with van der Waals surface area (Å²) in [6.45, 7) is 0. The van der Waals surface area contributed by atoms with E-state index in [0.717, 1.165) is 21.3 Å². The molecule has 3 aliphatic rings. The van der Waals surface area contributed by atoms with Gasteiger partial charge >= 0.3 is 17.9 Å². The van der Waals surface area contributed by atoms with Crippen molar-refractivity contribution in [3.8, 4) is 0 Å². The molecular formula is C27H42O19. The molecule has 0 radical (unpaired) electrons. The molecule has 13 atom stereocenters. The second kappa shape index (κ2) is 16.9. The molecule has 0 amide bonds. The number of rotatable bonds is 13. The van der Waals surface area contributed by atoms with Crippen molar-refractivity contribution < 1.29 is 90.9 Å². The lowest BCUT2D eigenvalue weighted by Crippen LogP contribution is -2.67. The van der Waals surface area contributed by atoms with Crippen molar-refractivity contribution in [3.05, 3.63) is 11.5 Å². The number of hydrogen-bond donors (Lipinski definition) is 2. The van der Waals surface area contributed by atoms with Gasteiger partial charge in [0.1, 0.15) is 36.6 Å². The number of ether oxygens (including phenoxy) is 14. The summed E-state index contributed by atoms with van der Waals surface area (Å²) < 4.78 is 77.1. The van der Waals surface area contributed by atoms with Gasteiger partial charge in [0, 0.05) is 42.7 Å². The molecule has 0 spiro atoms. The van der Waals surface area contributed by atoms with E-state index in [1.165, 1.54) is 42.7 Å². The second-order valence-corrected chi connectivity index (χ2v) is 9.97. The van der Waals surface area contributed by atoms with Crippen LogP contribution in [-0.2, 0) is 80.7 Å². The van der Waals surface area contributed by atoms with Gasteiger partial charge in [0.15, 0.2) is 42.8 Å². The molecule has 0 saturated carbocycles. The fourth-order valence-electron chi connectivity index (χ4n) is 5.50. The highest BCUT2D eigenvalue weighted by atomic mass is 16.8. The maximum atomic E-state index is 13.2. The van der Waals surface area contributed by atoms with E-state index >= 15 is 0 Å². The molecule has 0 bridgehead atoms. The molecular weight excluding hydrogens is 628 g/mol. The third kappa shape index (κ3) is 7.39. The van der Waals surface area contributed by atoms with Crippen LogP contribution in [0.4, 0.5) is 0 Å². The van der Waals surface area contributed by atoms with Crippen molar-refractivity contribution in [2.45, 2.75) is 79.9 Å². The second-order valence-electron chi connectivity index (χ2n) is 9.97. The topological polar surface area (TPSA) is 221 Å². The zero-order chi connectivity index (χ0) is 34.3. The highest BCUT2D eigenvalue weighted by Gasteiger charge is 2.58. The minimum atomic E-state index is -1.62. The van der Waals surface area contributed by atoms with Crippen molar-refractivity contribution >= 4 is 17.9 Å². The lowest BCUT2D eigenvalue weighted by molar-refractivity contribution is -0.366. The van der Waals surface area contributed by atoms with E-state index in [1.807, 2.05) is 0 Å². The third-order valence-corrected chi connectivity index (χ3v) is 7.75. The molecule has 2 N–H and O–H groups in total. The summed E-state index contributed by atoms with van der Waals surface area (Å²) in [4.78, 5) is 38.3. The molecule has 46 heavy (non-hydrogen) atoms. The Bertz CT molecular complexity index is 1070. The van der Waals surface area contributed by atoms with Crippen LogP contribution in [0.25, 0.3) is 0 Å². The maximum Gasteiger partial charge on any atom is 0.377 e. The molecule has 0 aromatic carbocycles. The third-order valence-electron chi connectivity index (χ3n) is 7.75. The molecule has 2 saturated heterocycles. The fraction of sp³-hybridized carbons (Fsp3) is 0.815. The smallest absolute Gasteiger partial charge is 0.377 e. The minimum absolute atomic E-state index is 0.612. The van der Waals surface area contributed by atoms with Gasteiger partial charge in [0.2, 0.25) is 12.0 Å². The van der Waals surface area contributed by atoms with Gasteiger partial charge < -0.3 is 76.5 Å². The summed E-state index contributed by atoms with van der Waals surface area (Å²) in [7, 11) is 11.0. The molecule has 19 nitrogen and oxygen atoms in total. The standard InChI is InChI=1S/C27H42O19/c1-33-11-10(28)12(22(29)39-7)43-26(20(11)37-5)45-16-14(35-3)21(38-6)27(46-19(16)24(31)41-9)44-15-13(34-2)17(36-4)25(32)42-18(15)23(30)40-8/h11,13-21,25-28,32H,1-9H3/t11-,13-,14-,15+,16+,17+,18+,19-,20+,21+,25-,26+,27-/m0/s1. The zero-order valence-corrected chi connectivity index (χ0v) is 26.8. The predicted molar refractivity (Wildman–Crippen MR) is 145 cm³/mol. The summed E-state index contributed by atoms with van der Waals surface area (Å²) in [5, 5.41) is 21.1. The number of aliphatic hydroxyl groups excluding tert-OH is 2. The number of aliphatic hydroxyl groups is 2. The predicted octanol–water partition coefficient (Wildman–Crippen LogP) is -2.07. The van der Waals surface area contributed by atoms with Crippen LogP contribution < -0.4 is 0 Å². The van der Waals surface area contributed by atoms with Gasteiger partial charge in [0.05, 0.1) is 21.3 Å². The minimum Gasteiger partial charge on any atom is -0.506 e. The van der Waals surface area contributed by atoms with Gasteiger partial charge in [-0.15, -0.1) is 0 Å². The van der Waals surface area contributed by atoms with E-state index in [9.17, 15) is 24.6 Å². The summed E-state index contributed by atoms with van der Waals surface area (Å²) in [6, 6.07) is 0. The monoisotopic (exact) mass is 670 g/mol. The fourth-order valence-corrected chi connectivity index (χ4v) is 5.50. The number of methoxy groups -OCH3 is 9. The maximum absolute atomic E-state index is 13.2. The Kier molecular flexibility index (Phi) is 13.9. The van der Waals surface area contributed by atoms with Crippen LogP contribution in [0, 0.1) is 0 Å². The number of esters is 3. The summed E-state index contributed by atoms with van der Waals surface area (Å²) >= 11 is 0. The van der Waals surface area contributed by atoms with Gasteiger partial charge in [-0.2, -0.15) is 0 Å². The Balaban J connectivity index is 2.02. The van der Waals surface area contributed by atoms with E-state index in [4.69, 9.17) is 66.3 Å². The van der Waals surface area contributed by atoms with E-state index in [1.54, 1.807) is 0 Å². The van der Waals surface area contributed by atoms with E-state index < -0.39 is 109 Å². The Labute approximate surface area is 264 Å². The molecule has 3 rings (SSSR count). The number of carbonyl (C=O) groups excluding carboxylic acids is 3. The largest absolute Gasteiger partial charge is 0.506 e. The molecule has 0 aromatic rings. The molecule has 3 heterocycles. The first-order valence-corrected chi connectivity index (χ1v) is 13.8. The zero-order valence-electron chi connectivity index (χ0n) is 26.8. The van der Waals surface area contributed by atoms with Crippen LogP contribution in [0.5, 0.6) is 0 Å². The van der Waals surface area contributed by atoms with Crippen molar-refractivity contribution in [1.82, 2.24) is 0 Å². The first-order valence-electron chi connectivity index (χ1n) is 13.8. The van der Waals surface area contributed by atoms with Gasteiger partial charge in [0.25, 0.3) is 0 Å².